The highest BCUT2D eigenvalue weighted by molar-refractivity contribution is 7.21. The van der Waals surface area contributed by atoms with Gasteiger partial charge in [0.15, 0.2) is 0 Å². The molecule has 3 aromatic rings. The number of thiophene rings is 2. The largest absolute Gasteiger partial charge is 0.372 e. The molecule has 0 unspecified atom stereocenters. The summed E-state index contributed by atoms with van der Waals surface area (Å²) in [6.45, 7) is 3.92. The van der Waals surface area contributed by atoms with Crippen molar-refractivity contribution in [1.82, 2.24) is 14.9 Å². The molecule has 126 valence electrons. The average molecular weight is 360 g/mol. The van der Waals surface area contributed by atoms with Crippen molar-refractivity contribution < 1.29 is 4.74 Å². The van der Waals surface area contributed by atoms with Crippen LogP contribution in [0.25, 0.3) is 9.75 Å². The van der Waals surface area contributed by atoms with Crippen LogP contribution >= 0.6 is 22.7 Å². The highest BCUT2D eigenvalue weighted by atomic mass is 32.1. The quantitative estimate of drug-likeness (QED) is 0.710. The van der Waals surface area contributed by atoms with E-state index in [2.05, 4.69) is 44.5 Å². The molecule has 0 aliphatic carbocycles. The van der Waals surface area contributed by atoms with Gasteiger partial charge in [-0.1, -0.05) is 6.07 Å². The maximum Gasteiger partial charge on any atom is 0.0922 e. The molecule has 0 aromatic carbocycles. The van der Waals surface area contributed by atoms with E-state index in [1.165, 1.54) is 14.6 Å². The predicted molar refractivity (Wildman–Crippen MR) is 99.3 cm³/mol. The number of nitrogens with zero attached hydrogens (tertiary/aromatic N) is 2. The Morgan fingerprint density at radius 2 is 2.12 bits per heavy atom. The van der Waals surface area contributed by atoms with Gasteiger partial charge in [-0.15, -0.1) is 22.7 Å². The minimum Gasteiger partial charge on any atom is -0.372 e. The Balaban J connectivity index is 1.24. The van der Waals surface area contributed by atoms with Crippen molar-refractivity contribution in [2.75, 3.05) is 13.1 Å². The average Bonchev–Trinajstić information content (AvgIpc) is 3.36. The number of H-pyrrole nitrogens is 1. The highest BCUT2D eigenvalue weighted by Gasteiger charge is 2.20. The SMILES string of the molecule is c1csc(-c2ccc(CN3CCC(OCc4cnc[nH]4)CC3)s2)c1. The number of piperidine rings is 1. The number of aromatic nitrogens is 2. The first kappa shape index (κ1) is 16.0. The van der Waals surface area contributed by atoms with Crippen molar-refractivity contribution in [3.8, 4) is 9.75 Å². The lowest BCUT2D eigenvalue weighted by atomic mass is 10.1. The molecule has 1 N–H and O–H groups in total. The molecule has 1 fully saturated rings. The lowest BCUT2D eigenvalue weighted by Gasteiger charge is -2.31. The first-order chi connectivity index (χ1) is 11.9. The van der Waals surface area contributed by atoms with Crippen molar-refractivity contribution in [3.05, 3.63) is 52.7 Å². The number of ether oxygens (including phenoxy) is 1. The Labute approximate surface area is 150 Å². The van der Waals surface area contributed by atoms with Crippen LogP contribution in [0.3, 0.4) is 0 Å². The molecule has 4 nitrogen and oxygen atoms in total. The van der Waals surface area contributed by atoms with Crippen LogP contribution in [0.4, 0.5) is 0 Å². The number of likely N-dealkylation sites (tertiary alicyclic amines) is 1. The van der Waals surface area contributed by atoms with Crippen molar-refractivity contribution in [2.45, 2.75) is 32.1 Å². The van der Waals surface area contributed by atoms with Crippen molar-refractivity contribution in [3.63, 3.8) is 0 Å². The second-order valence-corrected chi connectivity index (χ2v) is 8.22. The summed E-state index contributed by atoms with van der Waals surface area (Å²) in [6, 6.07) is 8.85. The standard InChI is InChI=1S/C18H21N3OS2/c1-2-17(23-9-1)18-4-3-16(24-18)11-21-7-5-15(6-8-21)22-12-14-10-19-13-20-14/h1-4,9-10,13,15H,5-8,11-12H2,(H,19,20). The van der Waals surface area contributed by atoms with E-state index in [9.17, 15) is 0 Å². The molecule has 3 aromatic heterocycles. The number of rotatable bonds is 6. The summed E-state index contributed by atoms with van der Waals surface area (Å²) < 4.78 is 5.99. The maximum absolute atomic E-state index is 5.99. The van der Waals surface area contributed by atoms with Gasteiger partial charge in [-0.2, -0.15) is 0 Å². The fraction of sp³-hybridized carbons (Fsp3) is 0.389. The van der Waals surface area contributed by atoms with Crippen LogP contribution in [0, 0.1) is 0 Å². The minimum atomic E-state index is 0.370. The summed E-state index contributed by atoms with van der Waals surface area (Å²) in [5, 5.41) is 2.14. The fourth-order valence-corrected chi connectivity index (χ4v) is 4.92. The Morgan fingerprint density at radius 3 is 2.88 bits per heavy atom. The Kier molecular flexibility index (Phi) is 5.08. The second kappa shape index (κ2) is 7.61. The summed E-state index contributed by atoms with van der Waals surface area (Å²) in [5.74, 6) is 0. The summed E-state index contributed by atoms with van der Waals surface area (Å²) in [7, 11) is 0. The number of hydrogen-bond donors (Lipinski definition) is 1. The number of nitrogens with one attached hydrogen (secondary N) is 1. The smallest absolute Gasteiger partial charge is 0.0922 e. The molecule has 4 rings (SSSR count). The molecular formula is C18H21N3OS2. The van der Waals surface area contributed by atoms with Gasteiger partial charge in [-0.05, 0) is 36.4 Å². The molecular weight excluding hydrogens is 338 g/mol. The lowest BCUT2D eigenvalue weighted by molar-refractivity contribution is -0.00493. The van der Waals surface area contributed by atoms with Gasteiger partial charge in [0.25, 0.3) is 0 Å². The highest BCUT2D eigenvalue weighted by Crippen LogP contribution is 2.32. The molecule has 0 bridgehead atoms. The molecule has 0 saturated carbocycles. The van der Waals surface area contributed by atoms with E-state index in [-0.39, 0.29) is 0 Å². The summed E-state index contributed by atoms with van der Waals surface area (Å²) in [5.41, 5.74) is 1.05. The van der Waals surface area contributed by atoms with E-state index in [1.807, 2.05) is 28.9 Å². The summed E-state index contributed by atoms with van der Waals surface area (Å²) in [4.78, 5) is 13.9. The topological polar surface area (TPSA) is 41.1 Å². The molecule has 6 heteroatoms. The number of imidazole rings is 1. The Morgan fingerprint density at radius 1 is 1.21 bits per heavy atom. The zero-order valence-electron chi connectivity index (χ0n) is 13.5. The first-order valence-corrected chi connectivity index (χ1v) is 10.0. The molecule has 1 aliphatic rings. The van der Waals surface area contributed by atoms with Gasteiger partial charge < -0.3 is 9.72 Å². The molecule has 0 spiro atoms. The third-order valence-corrected chi connectivity index (χ3v) is 6.50. The molecule has 4 heterocycles. The number of aromatic amines is 1. The molecule has 24 heavy (non-hydrogen) atoms. The normalized spacial score (nSPS) is 16.7. The van der Waals surface area contributed by atoms with Crippen LogP contribution in [0.2, 0.25) is 0 Å². The van der Waals surface area contributed by atoms with Crippen LogP contribution in [-0.2, 0) is 17.9 Å². The number of hydrogen-bond acceptors (Lipinski definition) is 5. The minimum absolute atomic E-state index is 0.370. The van der Waals surface area contributed by atoms with Gasteiger partial charge in [-0.3, -0.25) is 4.90 Å². The van der Waals surface area contributed by atoms with E-state index >= 15 is 0 Å². The molecule has 0 atom stereocenters. The van der Waals surface area contributed by atoms with E-state index in [0.29, 0.717) is 12.7 Å². The monoisotopic (exact) mass is 359 g/mol. The first-order valence-electron chi connectivity index (χ1n) is 8.30. The van der Waals surface area contributed by atoms with E-state index < -0.39 is 0 Å². The Hall–Kier alpha value is -1.47. The molecule has 0 amide bonds. The van der Waals surface area contributed by atoms with Gasteiger partial charge in [0.2, 0.25) is 0 Å². The van der Waals surface area contributed by atoms with Gasteiger partial charge in [0, 0.05) is 34.3 Å². The van der Waals surface area contributed by atoms with Crippen LogP contribution in [0.5, 0.6) is 0 Å². The zero-order chi connectivity index (χ0) is 16.2. The van der Waals surface area contributed by atoms with Gasteiger partial charge >= 0.3 is 0 Å². The molecule has 0 radical (unpaired) electrons. The second-order valence-electron chi connectivity index (χ2n) is 6.11. The van der Waals surface area contributed by atoms with Gasteiger partial charge in [0.05, 0.1) is 30.9 Å². The van der Waals surface area contributed by atoms with Crippen LogP contribution in [0.1, 0.15) is 23.4 Å². The van der Waals surface area contributed by atoms with Crippen molar-refractivity contribution in [1.29, 1.82) is 0 Å². The van der Waals surface area contributed by atoms with E-state index in [0.717, 1.165) is 38.2 Å². The van der Waals surface area contributed by atoms with Gasteiger partial charge in [-0.25, -0.2) is 4.98 Å². The van der Waals surface area contributed by atoms with E-state index in [1.54, 1.807) is 6.33 Å². The molecule has 1 saturated heterocycles. The zero-order valence-corrected chi connectivity index (χ0v) is 15.1. The Bertz CT molecular complexity index is 728. The van der Waals surface area contributed by atoms with Crippen LogP contribution < -0.4 is 0 Å². The van der Waals surface area contributed by atoms with Crippen molar-refractivity contribution >= 4 is 22.7 Å². The van der Waals surface area contributed by atoms with Crippen molar-refractivity contribution in [2.24, 2.45) is 0 Å². The molecule has 1 aliphatic heterocycles. The van der Waals surface area contributed by atoms with E-state index in [4.69, 9.17) is 4.74 Å². The third-order valence-electron chi connectivity index (χ3n) is 4.37. The lowest BCUT2D eigenvalue weighted by Crippen LogP contribution is -2.36. The van der Waals surface area contributed by atoms with Gasteiger partial charge in [0.1, 0.15) is 0 Å². The summed E-state index contributed by atoms with van der Waals surface area (Å²) in [6.07, 6.45) is 6.12. The van der Waals surface area contributed by atoms with Crippen LogP contribution in [-0.4, -0.2) is 34.1 Å². The fourth-order valence-electron chi connectivity index (χ4n) is 3.04. The van der Waals surface area contributed by atoms with Crippen LogP contribution in [0.15, 0.2) is 42.2 Å². The predicted octanol–water partition coefficient (Wildman–Crippen LogP) is 4.38. The third kappa shape index (κ3) is 3.95. The maximum atomic E-state index is 5.99. The summed E-state index contributed by atoms with van der Waals surface area (Å²) >= 11 is 3.73.